The second kappa shape index (κ2) is 6.71. The number of rotatable bonds is 1. The highest BCUT2D eigenvalue weighted by Gasteiger charge is 2.20. The van der Waals surface area contributed by atoms with Crippen LogP contribution in [0.5, 0.6) is 5.75 Å². The number of carbonyl (C=O) groups excluding carboxylic acids is 1. The predicted octanol–water partition coefficient (Wildman–Crippen LogP) is 2.52. The summed E-state index contributed by atoms with van der Waals surface area (Å²) in [4.78, 5) is 17.0. The highest BCUT2D eigenvalue weighted by atomic mass is 16.3. The molecule has 4 heteroatoms. The van der Waals surface area contributed by atoms with Gasteiger partial charge in [-0.2, -0.15) is 0 Å². The largest absolute Gasteiger partial charge is 0.508 e. The summed E-state index contributed by atoms with van der Waals surface area (Å²) in [6.45, 7) is 13.7. The van der Waals surface area contributed by atoms with Crippen LogP contribution in [-0.4, -0.2) is 20.6 Å². The maximum Gasteiger partial charge on any atom is 0.262 e. The van der Waals surface area contributed by atoms with Gasteiger partial charge in [0.1, 0.15) is 5.75 Å². The zero-order valence-corrected chi connectivity index (χ0v) is 14.3. The van der Waals surface area contributed by atoms with Crippen molar-refractivity contribution in [2.75, 3.05) is 0 Å². The van der Waals surface area contributed by atoms with Gasteiger partial charge in [-0.05, 0) is 41.8 Å². The summed E-state index contributed by atoms with van der Waals surface area (Å²) in [5.41, 5.74) is 0.918. The van der Waals surface area contributed by atoms with Crippen LogP contribution in [0.25, 0.3) is 13.2 Å². The lowest BCUT2D eigenvalue weighted by atomic mass is 9.85. The van der Waals surface area contributed by atoms with Crippen molar-refractivity contribution in [1.82, 2.24) is 9.55 Å². The number of carbonyl (C=O) groups is 1. The Kier molecular flexibility index (Phi) is 4.88. The molecule has 0 saturated heterocycles. The second-order valence-corrected chi connectivity index (χ2v) is 6.59. The van der Waals surface area contributed by atoms with E-state index in [1.54, 1.807) is 48.8 Å². The lowest BCUT2D eigenvalue weighted by Crippen LogP contribution is -2.25. The molecule has 24 heavy (non-hydrogen) atoms. The average Bonchev–Trinajstić information content (AvgIpc) is 2.57. The summed E-state index contributed by atoms with van der Waals surface area (Å²) >= 11 is 0. The Hall–Kier alpha value is -2.88. The van der Waals surface area contributed by atoms with Crippen LogP contribution < -0.4 is 10.7 Å². The van der Waals surface area contributed by atoms with E-state index in [9.17, 15) is 9.90 Å². The van der Waals surface area contributed by atoms with Crippen LogP contribution in [0, 0.1) is 0 Å². The van der Waals surface area contributed by atoms with Crippen molar-refractivity contribution in [2.45, 2.75) is 26.2 Å². The van der Waals surface area contributed by atoms with Crippen LogP contribution in [-0.2, 0) is 5.41 Å². The third-order valence-electron chi connectivity index (χ3n) is 3.61. The Morgan fingerprint density at radius 1 is 1.17 bits per heavy atom. The fourth-order valence-electron chi connectivity index (χ4n) is 2.28. The number of hydrogen-bond acceptors (Lipinski definition) is 3. The minimum absolute atomic E-state index is 0.180. The molecular formula is C20H22N2O2. The van der Waals surface area contributed by atoms with Crippen LogP contribution in [0.1, 0.15) is 36.7 Å². The zero-order chi connectivity index (χ0) is 17.9. The highest BCUT2D eigenvalue weighted by molar-refractivity contribution is 5.96. The Balaban J connectivity index is 2.65. The normalized spacial score (nSPS) is 11.0. The number of benzene rings is 1. The summed E-state index contributed by atoms with van der Waals surface area (Å²) in [5.74, 6) is -0.0549. The van der Waals surface area contributed by atoms with Crippen molar-refractivity contribution in [3.05, 3.63) is 70.6 Å². The summed E-state index contributed by atoms with van der Waals surface area (Å²) < 4.78 is 1.44. The Morgan fingerprint density at radius 3 is 2.54 bits per heavy atom. The molecule has 2 rings (SSSR count). The van der Waals surface area contributed by atoms with Gasteiger partial charge in [0.05, 0.1) is 5.35 Å². The standard InChI is InChI=1S/C20H22N2O2/c1-14-10-12-22(15(2)7-6-11-21-14)19(24)16-8-9-18(23)17(13-16)20(3,4)5/h6-13,23H,1-2H2,3-5H3. The van der Waals surface area contributed by atoms with E-state index in [4.69, 9.17) is 0 Å². The number of phenols is 1. The molecule has 0 spiro atoms. The molecule has 0 amide bonds. The lowest BCUT2D eigenvalue weighted by Gasteiger charge is -2.21. The van der Waals surface area contributed by atoms with Crippen LogP contribution in [0.15, 0.2) is 48.8 Å². The van der Waals surface area contributed by atoms with E-state index >= 15 is 0 Å². The van der Waals surface area contributed by atoms with Gasteiger partial charge in [0.15, 0.2) is 0 Å². The molecule has 0 unspecified atom stereocenters. The van der Waals surface area contributed by atoms with Gasteiger partial charge in [-0.3, -0.25) is 14.3 Å². The SMILES string of the molecule is C=c1ccn(C(=O)c2ccc(O)c(C(C)(C)C)c2)c(=C)cccn1. The summed E-state index contributed by atoms with van der Waals surface area (Å²) in [5, 5.41) is 11.1. The molecule has 0 radical (unpaired) electrons. The van der Waals surface area contributed by atoms with Gasteiger partial charge in [-0.15, -0.1) is 0 Å². The van der Waals surface area contributed by atoms with Crippen molar-refractivity contribution in [3.8, 4) is 5.75 Å². The zero-order valence-electron chi connectivity index (χ0n) is 14.3. The maximum absolute atomic E-state index is 12.9. The third kappa shape index (κ3) is 3.90. The van der Waals surface area contributed by atoms with Crippen molar-refractivity contribution < 1.29 is 9.90 Å². The Morgan fingerprint density at radius 2 is 1.88 bits per heavy atom. The first-order valence-electron chi connectivity index (χ1n) is 7.64. The van der Waals surface area contributed by atoms with Crippen molar-refractivity contribution in [2.24, 2.45) is 0 Å². The molecule has 0 atom stereocenters. The van der Waals surface area contributed by atoms with Crippen molar-refractivity contribution in [1.29, 1.82) is 0 Å². The predicted molar refractivity (Wildman–Crippen MR) is 96.7 cm³/mol. The lowest BCUT2D eigenvalue weighted by molar-refractivity contribution is 0.0956. The number of aromatic nitrogens is 2. The molecule has 0 aliphatic rings. The number of hydrogen-bond donors (Lipinski definition) is 1. The van der Waals surface area contributed by atoms with Gasteiger partial charge in [0.25, 0.3) is 5.91 Å². The first-order valence-corrected chi connectivity index (χ1v) is 7.64. The van der Waals surface area contributed by atoms with E-state index in [0.29, 0.717) is 16.3 Å². The topological polar surface area (TPSA) is 55.1 Å². The minimum atomic E-state index is -0.275. The van der Waals surface area contributed by atoms with Gasteiger partial charge in [0, 0.05) is 28.9 Å². The molecule has 124 valence electrons. The summed E-state index contributed by atoms with van der Waals surface area (Å²) in [6.07, 6.45) is 3.20. The summed E-state index contributed by atoms with van der Waals surface area (Å²) in [7, 11) is 0. The molecule has 0 aliphatic heterocycles. The van der Waals surface area contributed by atoms with Crippen LogP contribution >= 0.6 is 0 Å². The van der Waals surface area contributed by atoms with Crippen LogP contribution in [0.4, 0.5) is 0 Å². The van der Waals surface area contributed by atoms with Crippen LogP contribution in [0.2, 0.25) is 0 Å². The Bertz CT molecular complexity index is 919. The fraction of sp³-hybridized carbons (Fsp3) is 0.200. The average molecular weight is 322 g/mol. The van der Waals surface area contributed by atoms with E-state index in [2.05, 4.69) is 18.1 Å². The van der Waals surface area contributed by atoms with Gasteiger partial charge in [-0.25, -0.2) is 0 Å². The van der Waals surface area contributed by atoms with Gasteiger partial charge in [-0.1, -0.05) is 33.9 Å². The molecular weight excluding hydrogens is 300 g/mol. The van der Waals surface area contributed by atoms with Crippen molar-refractivity contribution in [3.63, 3.8) is 0 Å². The molecule has 4 nitrogen and oxygen atoms in total. The third-order valence-corrected chi connectivity index (χ3v) is 3.61. The minimum Gasteiger partial charge on any atom is -0.508 e. The van der Waals surface area contributed by atoms with Crippen LogP contribution in [0.3, 0.4) is 0 Å². The molecule has 1 aromatic heterocycles. The number of phenolic OH excluding ortho intramolecular Hbond substituents is 1. The quantitative estimate of drug-likeness (QED) is 0.878. The number of aromatic hydroxyl groups is 1. The van der Waals surface area contributed by atoms with Crippen molar-refractivity contribution >= 4 is 19.1 Å². The first-order chi connectivity index (χ1) is 11.2. The number of nitrogens with zero attached hydrogens (tertiary/aromatic N) is 2. The second-order valence-electron chi connectivity index (χ2n) is 6.59. The molecule has 1 heterocycles. The van der Waals surface area contributed by atoms with Gasteiger partial charge in [0.2, 0.25) is 0 Å². The Labute approximate surface area is 141 Å². The fourth-order valence-corrected chi connectivity index (χ4v) is 2.28. The van der Waals surface area contributed by atoms with E-state index in [1.165, 1.54) is 4.57 Å². The van der Waals surface area contributed by atoms with Gasteiger partial charge < -0.3 is 5.11 Å². The van der Waals surface area contributed by atoms with E-state index in [1.807, 2.05) is 20.8 Å². The molecule has 0 saturated carbocycles. The highest BCUT2D eigenvalue weighted by Crippen LogP contribution is 2.31. The summed E-state index contributed by atoms with van der Waals surface area (Å²) in [6, 6.07) is 9.94. The molecule has 2 aromatic rings. The molecule has 1 aromatic carbocycles. The molecule has 0 fully saturated rings. The van der Waals surface area contributed by atoms with E-state index in [0.717, 1.165) is 5.56 Å². The molecule has 0 bridgehead atoms. The molecule has 1 N–H and O–H groups in total. The molecule has 0 aliphatic carbocycles. The monoisotopic (exact) mass is 322 g/mol. The van der Waals surface area contributed by atoms with Gasteiger partial charge >= 0.3 is 0 Å². The maximum atomic E-state index is 12.9. The smallest absolute Gasteiger partial charge is 0.262 e. The first kappa shape index (κ1) is 17.5. The van der Waals surface area contributed by atoms with E-state index < -0.39 is 0 Å². The van der Waals surface area contributed by atoms with E-state index in [-0.39, 0.29) is 17.1 Å².